The van der Waals surface area contributed by atoms with Crippen molar-refractivity contribution < 1.29 is 24.3 Å². The first-order chi connectivity index (χ1) is 4.66. The number of nitrogens with one attached hydrogen (secondary N) is 1. The van der Waals surface area contributed by atoms with Gasteiger partial charge in [-0.3, -0.25) is 0 Å². The summed E-state index contributed by atoms with van der Waals surface area (Å²) in [6.45, 7) is 1.75. The van der Waals surface area contributed by atoms with Gasteiger partial charge in [-0.25, -0.2) is 9.59 Å². The molecule has 11 heavy (non-hydrogen) atoms. The summed E-state index contributed by atoms with van der Waals surface area (Å²) in [6.07, 6.45) is -2.52. The summed E-state index contributed by atoms with van der Waals surface area (Å²) < 4.78 is 4.25. The molecule has 0 atom stereocenters. The Labute approximate surface area is 92.8 Å². The van der Waals surface area contributed by atoms with Gasteiger partial charge in [0, 0.05) is 0 Å². The number of carbonyl (C=O) groups excluding carboxylic acids is 1. The predicted molar refractivity (Wildman–Crippen MR) is 37.8 cm³/mol. The van der Waals surface area contributed by atoms with Crippen LogP contribution in [0, 0.1) is 0 Å². The number of hydrogen-bond donors (Lipinski definition) is 2. The third-order valence-corrected chi connectivity index (χ3v) is 0.497. The summed E-state index contributed by atoms with van der Waals surface area (Å²) in [6, 6.07) is 0. The van der Waals surface area contributed by atoms with Gasteiger partial charge >= 0.3 is 50.0 Å². The van der Waals surface area contributed by atoms with Crippen molar-refractivity contribution >= 4 is 50.0 Å². The molecule has 0 unspecified atom stereocenters. The SMILES string of the molecule is CCOC(=O)NOC(=O)O.[CaH2]. The predicted octanol–water partition coefficient (Wildman–Crippen LogP) is -0.574. The van der Waals surface area contributed by atoms with Crippen LogP contribution in [0.1, 0.15) is 6.92 Å². The van der Waals surface area contributed by atoms with Crippen molar-refractivity contribution in [2.45, 2.75) is 6.92 Å². The molecular weight excluding hydrogens is 182 g/mol. The molecule has 0 aromatic rings. The van der Waals surface area contributed by atoms with Gasteiger partial charge < -0.3 is 14.7 Å². The van der Waals surface area contributed by atoms with E-state index in [1.807, 2.05) is 0 Å². The number of carbonyl (C=O) groups is 2. The second-order valence-corrected chi connectivity index (χ2v) is 1.19. The summed E-state index contributed by atoms with van der Waals surface area (Å²) in [5.74, 6) is 0. The van der Waals surface area contributed by atoms with Crippen molar-refractivity contribution in [2.75, 3.05) is 6.61 Å². The summed E-state index contributed by atoms with van der Waals surface area (Å²) in [7, 11) is 0. The summed E-state index contributed by atoms with van der Waals surface area (Å²) >= 11 is 0. The zero-order valence-corrected chi connectivity index (χ0v) is 5.29. The van der Waals surface area contributed by atoms with E-state index in [9.17, 15) is 9.59 Å². The Hall–Kier alpha value is -0.200. The Kier molecular flexibility index (Phi) is 9.62. The number of amides is 1. The van der Waals surface area contributed by atoms with E-state index in [1.54, 1.807) is 6.92 Å². The van der Waals surface area contributed by atoms with E-state index in [4.69, 9.17) is 5.11 Å². The molecule has 0 bridgehead atoms. The summed E-state index contributed by atoms with van der Waals surface area (Å²) in [5.41, 5.74) is 1.52. The third-order valence-electron chi connectivity index (χ3n) is 0.497. The first-order valence-corrected chi connectivity index (χ1v) is 2.49. The van der Waals surface area contributed by atoms with E-state index in [-0.39, 0.29) is 44.3 Å². The molecular formula is C4H9CaNO5. The molecule has 0 rings (SSSR count). The molecule has 0 aliphatic heterocycles. The van der Waals surface area contributed by atoms with Crippen LogP contribution in [0.3, 0.4) is 0 Å². The Bertz CT molecular complexity index is 138. The van der Waals surface area contributed by atoms with Gasteiger partial charge in [0.05, 0.1) is 6.61 Å². The fraction of sp³-hybridized carbons (Fsp3) is 0.500. The normalized spacial score (nSPS) is 7.36. The molecule has 0 fully saturated rings. The van der Waals surface area contributed by atoms with E-state index in [0.717, 1.165) is 0 Å². The first kappa shape index (κ1) is 13.4. The zero-order valence-electron chi connectivity index (χ0n) is 5.29. The second kappa shape index (κ2) is 7.90. The molecule has 0 saturated heterocycles. The van der Waals surface area contributed by atoms with Crippen LogP contribution in [0.25, 0.3) is 0 Å². The maximum atomic E-state index is 10.2. The van der Waals surface area contributed by atoms with Crippen LogP contribution in [0.5, 0.6) is 0 Å². The van der Waals surface area contributed by atoms with E-state index < -0.39 is 12.2 Å². The molecule has 0 aliphatic rings. The number of ether oxygens (including phenoxy) is 1. The van der Waals surface area contributed by atoms with Crippen LogP contribution in [-0.4, -0.2) is 61.7 Å². The number of carboxylic acid groups (broad SMARTS) is 1. The Balaban J connectivity index is 0. The molecule has 0 aromatic carbocycles. The van der Waals surface area contributed by atoms with Crippen LogP contribution in [0.15, 0.2) is 0 Å². The molecule has 6 nitrogen and oxygen atoms in total. The van der Waals surface area contributed by atoms with Gasteiger partial charge in [0.25, 0.3) is 0 Å². The second-order valence-electron chi connectivity index (χ2n) is 1.19. The van der Waals surface area contributed by atoms with Gasteiger partial charge in [-0.2, -0.15) is 0 Å². The molecule has 2 N–H and O–H groups in total. The molecule has 0 spiro atoms. The van der Waals surface area contributed by atoms with Crippen molar-refractivity contribution in [2.24, 2.45) is 0 Å². The standard InChI is InChI=1S/C4H7NO5.Ca.2H/c1-2-9-3(6)5-10-4(7)8;;;/h2H2,1H3,(H,5,6)(H,7,8);;;. The molecule has 0 saturated carbocycles. The van der Waals surface area contributed by atoms with Gasteiger partial charge in [0.1, 0.15) is 0 Å². The fourth-order valence-corrected chi connectivity index (χ4v) is 0.246. The van der Waals surface area contributed by atoms with Crippen LogP contribution in [-0.2, 0) is 9.57 Å². The molecule has 0 aliphatic carbocycles. The van der Waals surface area contributed by atoms with Crippen molar-refractivity contribution in [3.63, 3.8) is 0 Å². The topological polar surface area (TPSA) is 84.9 Å². The number of rotatable bonds is 1. The summed E-state index contributed by atoms with van der Waals surface area (Å²) in [5, 5.41) is 7.84. The third kappa shape index (κ3) is 9.80. The maximum absolute atomic E-state index is 10.2. The monoisotopic (exact) mass is 191 g/mol. The minimum absolute atomic E-state index is 0. The molecule has 1 amide bonds. The van der Waals surface area contributed by atoms with Crippen LogP contribution in [0.2, 0.25) is 0 Å². The van der Waals surface area contributed by atoms with E-state index in [0.29, 0.717) is 0 Å². The van der Waals surface area contributed by atoms with Crippen LogP contribution in [0.4, 0.5) is 9.59 Å². The van der Waals surface area contributed by atoms with E-state index >= 15 is 0 Å². The van der Waals surface area contributed by atoms with Gasteiger partial charge in [-0.05, 0) is 6.92 Å². The molecule has 0 radical (unpaired) electrons. The number of hydroxylamine groups is 1. The average molecular weight is 191 g/mol. The number of hydrogen-bond acceptors (Lipinski definition) is 4. The zero-order chi connectivity index (χ0) is 7.98. The minimum atomic E-state index is -1.59. The van der Waals surface area contributed by atoms with E-state index in [1.165, 1.54) is 5.48 Å². The molecule has 0 aromatic heterocycles. The van der Waals surface area contributed by atoms with Gasteiger partial charge in [-0.15, -0.1) is 5.48 Å². The quantitative estimate of drug-likeness (QED) is 0.428. The van der Waals surface area contributed by atoms with Crippen molar-refractivity contribution in [3.8, 4) is 0 Å². The van der Waals surface area contributed by atoms with Crippen molar-refractivity contribution in [1.82, 2.24) is 5.48 Å². The Morgan fingerprint density at radius 1 is 1.55 bits per heavy atom. The summed E-state index contributed by atoms with van der Waals surface area (Å²) in [4.78, 5) is 23.5. The molecule has 0 heterocycles. The Morgan fingerprint density at radius 2 is 2.09 bits per heavy atom. The van der Waals surface area contributed by atoms with E-state index in [2.05, 4.69) is 9.57 Å². The Morgan fingerprint density at radius 3 is 2.45 bits per heavy atom. The van der Waals surface area contributed by atoms with Crippen molar-refractivity contribution in [3.05, 3.63) is 0 Å². The fourth-order valence-electron chi connectivity index (χ4n) is 0.246. The molecule has 62 valence electrons. The van der Waals surface area contributed by atoms with Gasteiger partial charge in [-0.1, -0.05) is 0 Å². The van der Waals surface area contributed by atoms with Crippen molar-refractivity contribution in [1.29, 1.82) is 0 Å². The average Bonchev–Trinajstić information content (AvgIpc) is 1.85. The van der Waals surface area contributed by atoms with Gasteiger partial charge in [0.15, 0.2) is 0 Å². The van der Waals surface area contributed by atoms with Crippen LogP contribution >= 0.6 is 0 Å². The van der Waals surface area contributed by atoms with Gasteiger partial charge in [0.2, 0.25) is 0 Å². The first-order valence-electron chi connectivity index (χ1n) is 2.49. The van der Waals surface area contributed by atoms with Crippen LogP contribution < -0.4 is 5.48 Å². The molecule has 7 heteroatoms.